The number of thioether (sulfide) groups is 1. The molecular weight excluding hydrogens is 489 g/mol. The van der Waals surface area contributed by atoms with Crippen molar-refractivity contribution in [1.29, 1.82) is 5.26 Å². The van der Waals surface area contributed by atoms with Gasteiger partial charge in [0.25, 0.3) is 5.91 Å². The van der Waals surface area contributed by atoms with Crippen LogP contribution < -0.4 is 10.2 Å². The van der Waals surface area contributed by atoms with Gasteiger partial charge in [-0.25, -0.2) is 0 Å². The van der Waals surface area contributed by atoms with Crippen LogP contribution in [-0.2, 0) is 16.0 Å². The Balaban J connectivity index is 1.76. The van der Waals surface area contributed by atoms with Crippen molar-refractivity contribution in [3.05, 3.63) is 105 Å². The summed E-state index contributed by atoms with van der Waals surface area (Å²) in [4.78, 5) is 28.2. The summed E-state index contributed by atoms with van der Waals surface area (Å²) in [6, 6.07) is 23.3. The van der Waals surface area contributed by atoms with Gasteiger partial charge >= 0.3 is 0 Å². The first-order chi connectivity index (χ1) is 16.4. The number of carbonyl (C=O) groups is 2. The van der Waals surface area contributed by atoms with Crippen LogP contribution in [0.15, 0.2) is 83.4 Å². The molecule has 0 radical (unpaired) electrons. The molecule has 34 heavy (non-hydrogen) atoms. The summed E-state index contributed by atoms with van der Waals surface area (Å²) in [5.41, 5.74) is 2.61. The number of hydrogen-bond acceptors (Lipinski definition) is 4. The van der Waals surface area contributed by atoms with Gasteiger partial charge in [0.15, 0.2) is 0 Å². The number of halogens is 2. The summed E-state index contributed by atoms with van der Waals surface area (Å²) < 4.78 is 0. The summed E-state index contributed by atoms with van der Waals surface area (Å²) in [6.45, 7) is 1.88. The van der Waals surface area contributed by atoms with Gasteiger partial charge in [0.05, 0.1) is 10.9 Å². The Morgan fingerprint density at radius 1 is 1.09 bits per heavy atom. The van der Waals surface area contributed by atoms with Crippen LogP contribution in [0.4, 0.5) is 11.4 Å². The van der Waals surface area contributed by atoms with Crippen molar-refractivity contribution in [1.82, 2.24) is 0 Å². The number of aryl methyl sites for hydroxylation is 1. The highest BCUT2D eigenvalue weighted by molar-refractivity contribution is 8.05. The van der Waals surface area contributed by atoms with E-state index >= 15 is 0 Å². The van der Waals surface area contributed by atoms with Gasteiger partial charge in [-0.2, -0.15) is 5.26 Å². The summed E-state index contributed by atoms with van der Waals surface area (Å²) >= 11 is 13.7. The van der Waals surface area contributed by atoms with Gasteiger partial charge in [-0.15, -0.1) is 0 Å². The number of nitrogens with zero attached hydrogens (tertiary/aromatic N) is 2. The molecule has 1 saturated heterocycles. The molecule has 0 aromatic heterocycles. The molecule has 1 N–H and O–H groups in total. The maximum absolute atomic E-state index is 13.6. The largest absolute Gasteiger partial charge is 0.321 e. The number of nitrogens with one attached hydrogen (secondary N) is 1. The molecule has 170 valence electrons. The van der Waals surface area contributed by atoms with E-state index in [-0.39, 0.29) is 11.5 Å². The van der Waals surface area contributed by atoms with Crippen molar-refractivity contribution in [3.63, 3.8) is 0 Å². The molecule has 1 atom stereocenters. The second-order valence-electron chi connectivity index (χ2n) is 7.62. The molecule has 1 fully saturated rings. The first kappa shape index (κ1) is 23.9. The lowest BCUT2D eigenvalue weighted by molar-refractivity contribution is -0.117. The van der Waals surface area contributed by atoms with E-state index in [1.165, 1.54) is 16.7 Å². The quantitative estimate of drug-likeness (QED) is 0.321. The normalized spacial score (nSPS) is 16.8. The van der Waals surface area contributed by atoms with Crippen molar-refractivity contribution >= 4 is 58.2 Å². The fourth-order valence-corrected chi connectivity index (χ4v) is 5.31. The predicted octanol–water partition coefficient (Wildman–Crippen LogP) is 6.37. The van der Waals surface area contributed by atoms with E-state index in [1.807, 2.05) is 37.3 Å². The van der Waals surface area contributed by atoms with E-state index in [4.69, 9.17) is 23.2 Å². The highest BCUT2D eigenvalue weighted by Gasteiger charge is 2.41. The molecule has 0 spiro atoms. The molecule has 5 nitrogen and oxygen atoms in total. The average molecular weight is 508 g/mol. The van der Waals surface area contributed by atoms with Gasteiger partial charge in [0.1, 0.15) is 16.7 Å². The lowest BCUT2D eigenvalue weighted by atomic mass is 10.1. The number of carbonyl (C=O) groups excluding carboxylic acids is 2. The molecule has 1 aliphatic heterocycles. The molecule has 4 rings (SSSR count). The smallest absolute Gasteiger partial charge is 0.269 e. The van der Waals surface area contributed by atoms with Crippen molar-refractivity contribution in [3.8, 4) is 6.07 Å². The van der Waals surface area contributed by atoms with E-state index in [0.29, 0.717) is 32.9 Å². The SMILES string of the molecule is Cc1ccccc1N1C(=O)[C@H](Cc2cc(Cl)ccc2Cl)S/C1=C(/C#N)C(=O)Nc1ccccc1. The van der Waals surface area contributed by atoms with Crippen LogP contribution in [0.3, 0.4) is 0 Å². The minimum atomic E-state index is -0.585. The third-order valence-corrected chi connectivity index (χ3v) is 7.17. The fraction of sp³-hybridized carbons (Fsp3) is 0.115. The maximum atomic E-state index is 13.6. The van der Waals surface area contributed by atoms with Gasteiger partial charge < -0.3 is 5.32 Å². The van der Waals surface area contributed by atoms with Crippen molar-refractivity contribution in [2.24, 2.45) is 0 Å². The highest BCUT2D eigenvalue weighted by Crippen LogP contribution is 2.43. The van der Waals surface area contributed by atoms with Crippen LogP contribution in [0, 0.1) is 18.3 Å². The zero-order valence-corrected chi connectivity index (χ0v) is 20.4. The van der Waals surface area contributed by atoms with Crippen molar-refractivity contribution in [2.45, 2.75) is 18.6 Å². The van der Waals surface area contributed by atoms with Crippen LogP contribution in [0.5, 0.6) is 0 Å². The Morgan fingerprint density at radius 2 is 1.79 bits per heavy atom. The van der Waals surface area contributed by atoms with Gasteiger partial charge in [-0.05, 0) is 60.9 Å². The molecule has 2 amide bonds. The third kappa shape index (κ3) is 4.97. The van der Waals surface area contributed by atoms with E-state index in [0.717, 1.165) is 11.1 Å². The summed E-state index contributed by atoms with van der Waals surface area (Å²) in [6.07, 6.45) is 0.299. The zero-order chi connectivity index (χ0) is 24.2. The number of benzene rings is 3. The minimum Gasteiger partial charge on any atom is -0.321 e. The van der Waals surface area contributed by atoms with Crippen LogP contribution in [0.1, 0.15) is 11.1 Å². The van der Waals surface area contributed by atoms with Crippen LogP contribution in [-0.4, -0.2) is 17.1 Å². The Hall–Kier alpha value is -3.24. The molecule has 0 unspecified atom stereocenters. The van der Waals surface area contributed by atoms with Gasteiger partial charge in [-0.1, -0.05) is 71.4 Å². The first-order valence-electron chi connectivity index (χ1n) is 10.4. The molecule has 8 heteroatoms. The van der Waals surface area contributed by atoms with E-state index < -0.39 is 11.2 Å². The number of amides is 2. The molecule has 0 bridgehead atoms. The van der Waals surface area contributed by atoms with Crippen molar-refractivity contribution < 1.29 is 9.59 Å². The summed E-state index contributed by atoms with van der Waals surface area (Å²) in [7, 11) is 0. The molecule has 0 aliphatic carbocycles. The number of hydrogen-bond donors (Lipinski definition) is 1. The number of anilines is 2. The standard InChI is InChI=1S/C26H19Cl2N3O2S/c1-16-7-5-6-10-22(16)31-25(33)23(14-17-13-18(27)11-12-21(17)28)34-26(31)20(15-29)24(32)30-19-8-3-2-4-9-19/h2-13,23H,14H2,1H3,(H,30,32)/b26-20-/t23-/m0/s1. The minimum absolute atomic E-state index is 0.134. The molecule has 1 heterocycles. The molecule has 3 aromatic carbocycles. The number of para-hydroxylation sites is 2. The van der Waals surface area contributed by atoms with E-state index in [9.17, 15) is 14.9 Å². The van der Waals surface area contributed by atoms with Gasteiger partial charge in [-0.3, -0.25) is 14.5 Å². The Morgan fingerprint density at radius 3 is 2.50 bits per heavy atom. The Labute approximate surface area is 212 Å². The zero-order valence-electron chi connectivity index (χ0n) is 18.1. The second kappa shape index (κ2) is 10.4. The maximum Gasteiger partial charge on any atom is 0.269 e. The number of rotatable bonds is 5. The van der Waals surface area contributed by atoms with E-state index in [2.05, 4.69) is 5.32 Å². The first-order valence-corrected chi connectivity index (χ1v) is 12.0. The van der Waals surface area contributed by atoms with Crippen LogP contribution in [0.2, 0.25) is 10.0 Å². The van der Waals surface area contributed by atoms with E-state index in [1.54, 1.807) is 48.5 Å². The van der Waals surface area contributed by atoms with Crippen LogP contribution >= 0.6 is 35.0 Å². The average Bonchev–Trinajstić information content (AvgIpc) is 3.13. The van der Waals surface area contributed by atoms with Crippen LogP contribution in [0.25, 0.3) is 0 Å². The highest BCUT2D eigenvalue weighted by atomic mass is 35.5. The lowest BCUT2D eigenvalue weighted by Crippen LogP contribution is -2.31. The summed E-state index contributed by atoms with van der Waals surface area (Å²) in [5, 5.41) is 13.4. The molecule has 0 saturated carbocycles. The molecule has 1 aliphatic rings. The molecular formula is C26H19Cl2N3O2S. The summed E-state index contributed by atoms with van der Waals surface area (Å²) in [5.74, 6) is -0.811. The Bertz CT molecular complexity index is 1340. The fourth-order valence-electron chi connectivity index (χ4n) is 3.63. The Kier molecular flexibility index (Phi) is 7.28. The van der Waals surface area contributed by atoms with Crippen molar-refractivity contribution in [2.75, 3.05) is 10.2 Å². The molecule has 3 aromatic rings. The predicted molar refractivity (Wildman–Crippen MR) is 138 cm³/mol. The second-order valence-corrected chi connectivity index (χ2v) is 9.65. The monoisotopic (exact) mass is 507 g/mol. The van der Waals surface area contributed by atoms with Gasteiger partial charge in [0, 0.05) is 15.7 Å². The topological polar surface area (TPSA) is 73.2 Å². The number of nitriles is 1. The third-order valence-electron chi connectivity index (χ3n) is 5.31. The lowest BCUT2D eigenvalue weighted by Gasteiger charge is -2.20. The van der Waals surface area contributed by atoms with Gasteiger partial charge in [0.2, 0.25) is 5.91 Å².